The van der Waals surface area contributed by atoms with Crippen molar-refractivity contribution in [2.24, 2.45) is 5.10 Å². The quantitative estimate of drug-likeness (QED) is 0.344. The van der Waals surface area contributed by atoms with Crippen LogP contribution in [0.1, 0.15) is 31.9 Å². The molecule has 0 spiro atoms. The van der Waals surface area contributed by atoms with E-state index in [1.165, 1.54) is 5.56 Å². The fourth-order valence-electron chi connectivity index (χ4n) is 2.25. The number of halogens is 1. The first-order valence-corrected chi connectivity index (χ1v) is 13.8. The van der Waals surface area contributed by atoms with Gasteiger partial charge in [-0.2, -0.15) is 5.10 Å². The maximum absolute atomic E-state index is 4.77. The van der Waals surface area contributed by atoms with Crippen LogP contribution in [0.2, 0.25) is 0 Å². The van der Waals surface area contributed by atoms with Crippen molar-refractivity contribution in [3.63, 3.8) is 0 Å². The van der Waals surface area contributed by atoms with Gasteiger partial charge in [0.15, 0.2) is 5.84 Å². The Labute approximate surface area is 167 Å². The molecule has 1 aliphatic rings. The summed E-state index contributed by atoms with van der Waals surface area (Å²) in [7, 11) is 0. The van der Waals surface area contributed by atoms with Crippen molar-refractivity contribution in [3.05, 3.63) is 72.4 Å². The Kier molecular flexibility index (Phi) is 6.92. The van der Waals surface area contributed by atoms with Crippen LogP contribution in [0, 0.1) is 13.6 Å². The summed E-state index contributed by atoms with van der Waals surface area (Å²) in [5.41, 5.74) is 3.29. The second kappa shape index (κ2) is 8.52. The van der Waals surface area contributed by atoms with Crippen LogP contribution in [0.5, 0.6) is 0 Å². The van der Waals surface area contributed by atoms with E-state index in [1.807, 2.05) is 28.1 Å². The second-order valence-electron chi connectivity index (χ2n) is 6.54. The average Bonchev–Trinajstić information content (AvgIpc) is 3.04. The summed E-state index contributed by atoms with van der Waals surface area (Å²) >= 11 is 4.34. The number of hydrogen-bond donors (Lipinski definition) is 0. The number of benzene rings is 2. The molecule has 5 heteroatoms. The molecule has 0 saturated carbocycles. The van der Waals surface area contributed by atoms with Gasteiger partial charge in [-0.05, 0) is 39.8 Å². The molecular weight excluding hydrogens is 594 g/mol. The third kappa shape index (κ3) is 4.63. The number of amidine groups is 1. The van der Waals surface area contributed by atoms with Gasteiger partial charge in [0.1, 0.15) is 0 Å². The van der Waals surface area contributed by atoms with Gasteiger partial charge in [0.05, 0.1) is 5.54 Å². The number of aryl methyl sites for hydroxylation is 1. The van der Waals surface area contributed by atoms with Crippen LogP contribution >= 0.6 is 19.0 Å². The van der Waals surface area contributed by atoms with Gasteiger partial charge < -0.3 is 0 Å². The molecule has 1 heterocycles. The molecule has 24 heavy (non-hydrogen) atoms. The first kappa shape index (κ1) is 19.5. The van der Waals surface area contributed by atoms with Crippen molar-refractivity contribution in [1.29, 1.82) is 0 Å². The van der Waals surface area contributed by atoms with Crippen molar-refractivity contribution >= 4 is 30.5 Å². The Bertz CT molecular complexity index is 678. The maximum atomic E-state index is 4.77. The molecule has 0 amide bonds. The summed E-state index contributed by atoms with van der Waals surface area (Å²) in [6, 6.07) is 18.7. The molecule has 0 unspecified atom stereocenters. The Balaban J connectivity index is 0.00000100. The second-order valence-corrected chi connectivity index (χ2v) is 6.54. The molecule has 2 aromatic carbocycles. The zero-order chi connectivity index (χ0) is 17.7. The molecule has 1 aliphatic heterocycles. The van der Waals surface area contributed by atoms with Crippen molar-refractivity contribution in [2.45, 2.75) is 33.2 Å². The number of nitrogens with zero attached hydrogens (tertiary/aromatic N) is 3. The van der Waals surface area contributed by atoms with Gasteiger partial charge in [-0.1, -0.05) is 48.0 Å². The molecule has 3 rings (SSSR count). The molecule has 0 N–H and O–H groups in total. The van der Waals surface area contributed by atoms with E-state index in [0.717, 1.165) is 17.1 Å². The van der Waals surface area contributed by atoms with E-state index in [4.69, 9.17) is 5.10 Å². The normalized spacial score (nSPS) is 14.2. The van der Waals surface area contributed by atoms with Gasteiger partial charge in [-0.15, -0.1) is 0 Å². The molecule has 130 valence electrons. The Morgan fingerprint density at radius 2 is 1.54 bits per heavy atom. The molecule has 0 atom stereocenters. The van der Waals surface area contributed by atoms with Crippen LogP contribution in [0.4, 0.5) is 5.69 Å². The fraction of sp³-hybridized carbons (Fsp3) is 0.263. The summed E-state index contributed by atoms with van der Waals surface area (Å²) in [6.07, 6.45) is 0. The minimum absolute atomic E-state index is 0.112. The van der Waals surface area contributed by atoms with Gasteiger partial charge in [-0.3, -0.25) is 9.91 Å². The molecule has 0 bridgehead atoms. The first-order valence-electron chi connectivity index (χ1n) is 7.64. The summed E-state index contributed by atoms with van der Waals surface area (Å²) < 4.78 is 0. The topological polar surface area (TPSA) is 18.8 Å². The van der Waals surface area contributed by atoms with Crippen LogP contribution < -0.4 is 4.90 Å². The summed E-state index contributed by atoms with van der Waals surface area (Å²) in [6.45, 7) is 11.9. The molecular formula is C19H21AuIN3. The molecule has 0 fully saturated rings. The predicted molar refractivity (Wildman–Crippen MR) is 105 cm³/mol. The molecule has 0 saturated heterocycles. The zero-order valence-corrected chi connectivity index (χ0v) is 18.5. The summed E-state index contributed by atoms with van der Waals surface area (Å²) in [5.74, 6) is 0.902. The van der Waals surface area contributed by atoms with Gasteiger partial charge in [0, 0.05) is 11.3 Å². The van der Waals surface area contributed by atoms with E-state index < -0.39 is 0 Å². The van der Waals surface area contributed by atoms with E-state index in [2.05, 4.69) is 107 Å². The van der Waals surface area contributed by atoms with Gasteiger partial charge >= 0.3 is 36.3 Å². The molecule has 2 radical (unpaired) electrons. The van der Waals surface area contributed by atoms with Gasteiger partial charge in [0.2, 0.25) is 6.67 Å². The SMILES string of the molecule is Cc1ccc(N2[C]N(C(C)(C)C)N=C2c2ccccc2)cc1.[I][Au]. The van der Waals surface area contributed by atoms with Crippen molar-refractivity contribution in [2.75, 3.05) is 4.90 Å². The third-order valence-electron chi connectivity index (χ3n) is 3.56. The van der Waals surface area contributed by atoms with E-state index in [-0.39, 0.29) is 5.54 Å². The van der Waals surface area contributed by atoms with Crippen LogP contribution in [-0.2, 0) is 17.3 Å². The monoisotopic (exact) mass is 615 g/mol. The van der Waals surface area contributed by atoms with Crippen LogP contribution in [0.3, 0.4) is 0 Å². The van der Waals surface area contributed by atoms with Crippen LogP contribution in [-0.4, -0.2) is 16.4 Å². The van der Waals surface area contributed by atoms with Gasteiger partial charge in [0.25, 0.3) is 0 Å². The zero-order valence-electron chi connectivity index (χ0n) is 14.2. The fourth-order valence-corrected chi connectivity index (χ4v) is 2.25. The van der Waals surface area contributed by atoms with Crippen molar-refractivity contribution < 1.29 is 17.3 Å². The molecule has 0 aliphatic carbocycles. The van der Waals surface area contributed by atoms with Crippen LogP contribution in [0.15, 0.2) is 59.7 Å². The van der Waals surface area contributed by atoms with E-state index in [1.54, 1.807) is 0 Å². The number of rotatable bonds is 2. The first-order chi connectivity index (χ1) is 11.4. The van der Waals surface area contributed by atoms with Crippen molar-refractivity contribution in [3.8, 4) is 0 Å². The average molecular weight is 615 g/mol. The standard InChI is InChI=1S/C19H21N3.Au.HI/c1-15-10-12-17(13-11-15)21-14-22(19(2,3)4)20-18(21)16-8-6-5-7-9-16;;/h5-13H,1-4H3;;1H/q;+1;/p-1. The Morgan fingerprint density at radius 1 is 0.958 bits per heavy atom. The van der Waals surface area contributed by atoms with E-state index in [0.29, 0.717) is 0 Å². The summed E-state index contributed by atoms with van der Waals surface area (Å²) in [5, 5.41) is 6.67. The number of hydrogen-bond acceptors (Lipinski definition) is 3. The number of hydrazone groups is 1. The molecule has 3 nitrogen and oxygen atoms in total. The Morgan fingerprint density at radius 3 is 2.08 bits per heavy atom. The number of anilines is 1. The third-order valence-corrected chi connectivity index (χ3v) is 3.56. The summed E-state index contributed by atoms with van der Waals surface area (Å²) in [4.78, 5) is 2.03. The van der Waals surface area contributed by atoms with Crippen LogP contribution in [0.25, 0.3) is 0 Å². The minimum atomic E-state index is -0.112. The van der Waals surface area contributed by atoms with E-state index in [9.17, 15) is 0 Å². The van der Waals surface area contributed by atoms with Gasteiger partial charge in [-0.25, -0.2) is 0 Å². The Hall–Kier alpha value is -0.820. The predicted octanol–water partition coefficient (Wildman–Crippen LogP) is 5.16. The molecule has 0 aromatic heterocycles. The molecule has 2 aromatic rings. The van der Waals surface area contributed by atoms with E-state index >= 15 is 0 Å². The van der Waals surface area contributed by atoms with Crippen molar-refractivity contribution in [1.82, 2.24) is 5.01 Å².